The number of amides is 2. The number of nitrogens with two attached hydrogens (primary N) is 1. The highest BCUT2D eigenvalue weighted by molar-refractivity contribution is 8.01. The normalized spacial score (nSPS) is 13.3. The molecule has 220 valence electrons. The van der Waals surface area contributed by atoms with Crippen LogP contribution in [0.5, 0.6) is 0 Å². The SMILES string of the molecule is CC(=O)c1ccccc1C(=O)N1CCCCC1.Nc1ccc2nc(SCC(=O)Nc3cccc(C(F)(F)F)c3)sc2c1. The first-order valence-electron chi connectivity index (χ1n) is 13.2. The molecule has 0 saturated carbocycles. The predicted molar refractivity (Wildman–Crippen MR) is 161 cm³/mol. The van der Waals surface area contributed by atoms with E-state index < -0.39 is 17.6 Å². The number of carbonyl (C=O) groups excluding carboxylic acids is 3. The Bertz CT molecular complexity index is 1580. The van der Waals surface area contributed by atoms with Gasteiger partial charge in [0.1, 0.15) is 0 Å². The lowest BCUT2D eigenvalue weighted by Crippen LogP contribution is -2.36. The van der Waals surface area contributed by atoms with Crippen LogP contribution in [0.1, 0.15) is 52.5 Å². The van der Waals surface area contributed by atoms with E-state index in [2.05, 4.69) is 10.3 Å². The van der Waals surface area contributed by atoms with E-state index in [1.807, 2.05) is 11.0 Å². The Labute approximate surface area is 249 Å². The molecule has 1 saturated heterocycles. The van der Waals surface area contributed by atoms with Crippen molar-refractivity contribution in [3.05, 3.63) is 83.4 Å². The molecule has 1 aromatic heterocycles. The zero-order valence-electron chi connectivity index (χ0n) is 22.7. The number of hydrogen-bond donors (Lipinski definition) is 2. The molecule has 2 heterocycles. The van der Waals surface area contributed by atoms with Crippen molar-refractivity contribution in [1.29, 1.82) is 0 Å². The Hall–Kier alpha value is -3.90. The number of likely N-dealkylation sites (tertiary alicyclic amines) is 1. The van der Waals surface area contributed by atoms with Gasteiger partial charge in [-0.3, -0.25) is 14.4 Å². The van der Waals surface area contributed by atoms with Crippen molar-refractivity contribution in [3.63, 3.8) is 0 Å². The quantitative estimate of drug-likeness (QED) is 0.136. The highest BCUT2D eigenvalue weighted by Gasteiger charge is 2.30. The van der Waals surface area contributed by atoms with Gasteiger partial charge in [-0.05, 0) is 68.7 Å². The van der Waals surface area contributed by atoms with Gasteiger partial charge in [0.25, 0.3) is 5.91 Å². The number of rotatable bonds is 6. The molecule has 1 aliphatic heterocycles. The minimum atomic E-state index is -4.45. The van der Waals surface area contributed by atoms with Gasteiger partial charge >= 0.3 is 6.18 Å². The van der Waals surface area contributed by atoms with E-state index in [1.54, 1.807) is 36.4 Å². The van der Waals surface area contributed by atoms with Crippen LogP contribution < -0.4 is 11.1 Å². The van der Waals surface area contributed by atoms with Crippen LogP contribution in [-0.2, 0) is 11.0 Å². The first kappa shape index (κ1) is 31.0. The second kappa shape index (κ2) is 13.8. The first-order valence-corrected chi connectivity index (χ1v) is 15.0. The van der Waals surface area contributed by atoms with Gasteiger partial charge in [-0.15, -0.1) is 11.3 Å². The molecule has 1 aliphatic rings. The van der Waals surface area contributed by atoms with E-state index >= 15 is 0 Å². The van der Waals surface area contributed by atoms with E-state index in [0.717, 1.165) is 48.3 Å². The number of fused-ring (bicyclic) bond motifs is 1. The number of benzene rings is 3. The molecule has 1 fully saturated rings. The summed E-state index contributed by atoms with van der Waals surface area (Å²) in [6.07, 6.45) is -1.13. The summed E-state index contributed by atoms with van der Waals surface area (Å²) in [5.74, 6) is -0.407. The van der Waals surface area contributed by atoms with Gasteiger partial charge in [-0.1, -0.05) is 36.0 Å². The molecule has 0 aliphatic carbocycles. The minimum Gasteiger partial charge on any atom is -0.399 e. The van der Waals surface area contributed by atoms with Crippen molar-refractivity contribution < 1.29 is 27.6 Å². The fraction of sp³-hybridized carbons (Fsp3) is 0.267. The van der Waals surface area contributed by atoms with Gasteiger partial charge in [-0.25, -0.2) is 4.98 Å². The molecule has 5 rings (SSSR count). The number of hydrogen-bond acceptors (Lipinski definition) is 7. The molecular formula is C30H29F3N4O3S2. The summed E-state index contributed by atoms with van der Waals surface area (Å²) in [5.41, 5.74) is 7.52. The molecule has 0 spiro atoms. The molecule has 0 radical (unpaired) electrons. The number of aromatic nitrogens is 1. The van der Waals surface area contributed by atoms with Crippen molar-refractivity contribution in [1.82, 2.24) is 9.88 Å². The number of halogens is 3. The van der Waals surface area contributed by atoms with Crippen LogP contribution in [0.3, 0.4) is 0 Å². The Morgan fingerprint density at radius 1 is 0.976 bits per heavy atom. The van der Waals surface area contributed by atoms with Crippen LogP contribution in [0.2, 0.25) is 0 Å². The number of anilines is 2. The van der Waals surface area contributed by atoms with E-state index in [9.17, 15) is 27.6 Å². The molecule has 42 heavy (non-hydrogen) atoms. The lowest BCUT2D eigenvalue weighted by molar-refractivity contribution is -0.137. The third-order valence-electron chi connectivity index (χ3n) is 6.37. The lowest BCUT2D eigenvalue weighted by atomic mass is 10.0. The first-order chi connectivity index (χ1) is 20.0. The summed E-state index contributed by atoms with van der Waals surface area (Å²) in [6.45, 7) is 3.12. The maximum absolute atomic E-state index is 12.7. The van der Waals surface area contributed by atoms with Gasteiger partial charge in [0.05, 0.1) is 27.1 Å². The molecule has 0 bridgehead atoms. The maximum Gasteiger partial charge on any atom is 0.416 e. The molecule has 12 heteroatoms. The largest absolute Gasteiger partial charge is 0.416 e. The number of nitrogens with one attached hydrogen (secondary N) is 1. The third kappa shape index (κ3) is 8.32. The zero-order valence-corrected chi connectivity index (χ0v) is 24.4. The van der Waals surface area contributed by atoms with Gasteiger partial charge < -0.3 is 16.0 Å². The summed E-state index contributed by atoms with van der Waals surface area (Å²) in [7, 11) is 0. The van der Waals surface area contributed by atoms with E-state index in [4.69, 9.17) is 5.73 Å². The number of ketones is 1. The summed E-state index contributed by atoms with van der Waals surface area (Å²) in [6, 6.07) is 17.0. The topological polar surface area (TPSA) is 105 Å². The minimum absolute atomic E-state index is 0.00417. The summed E-state index contributed by atoms with van der Waals surface area (Å²) in [4.78, 5) is 42.0. The standard InChI is InChI=1S/C16H12F3N3OS2.C14H17NO2/c17-16(18,19)9-2-1-3-11(6-9)21-14(23)8-24-15-22-12-5-4-10(20)7-13(12)25-15;1-11(16)12-7-3-4-8-13(12)14(17)15-9-5-2-6-10-15/h1-7H,8,20H2,(H,21,23);3-4,7-8H,2,5-6,9-10H2,1H3. The van der Waals surface area contributed by atoms with Gasteiger partial charge in [-0.2, -0.15) is 13.2 Å². The lowest BCUT2D eigenvalue weighted by Gasteiger charge is -2.27. The van der Waals surface area contributed by atoms with E-state index in [1.165, 1.54) is 48.6 Å². The summed E-state index contributed by atoms with van der Waals surface area (Å²) in [5, 5.41) is 2.46. The number of nitrogen functional groups attached to an aromatic ring is 1. The van der Waals surface area contributed by atoms with Gasteiger partial charge in [0, 0.05) is 30.0 Å². The molecule has 7 nitrogen and oxygen atoms in total. The molecule has 4 aromatic rings. The molecule has 0 unspecified atom stereocenters. The van der Waals surface area contributed by atoms with Gasteiger partial charge in [0.2, 0.25) is 5.91 Å². The van der Waals surface area contributed by atoms with Crippen LogP contribution in [0.25, 0.3) is 10.2 Å². The fourth-order valence-electron chi connectivity index (χ4n) is 4.32. The highest BCUT2D eigenvalue weighted by Crippen LogP contribution is 2.32. The Morgan fingerprint density at radius 3 is 2.38 bits per heavy atom. The average molecular weight is 615 g/mol. The van der Waals surface area contributed by atoms with Crippen LogP contribution in [0.15, 0.2) is 71.1 Å². The number of alkyl halides is 3. The zero-order chi connectivity index (χ0) is 30.3. The van der Waals surface area contributed by atoms with Crippen LogP contribution in [-0.4, -0.2) is 46.3 Å². The van der Waals surface area contributed by atoms with Crippen LogP contribution in [0, 0.1) is 0 Å². The van der Waals surface area contributed by atoms with Gasteiger partial charge in [0.15, 0.2) is 10.1 Å². The number of piperidine rings is 1. The molecule has 0 atom stereocenters. The summed E-state index contributed by atoms with van der Waals surface area (Å²) >= 11 is 2.63. The Balaban J connectivity index is 0.000000208. The molecule has 3 N–H and O–H groups in total. The Morgan fingerprint density at radius 2 is 1.69 bits per heavy atom. The predicted octanol–water partition coefficient (Wildman–Crippen LogP) is 7.14. The van der Waals surface area contributed by atoms with Crippen molar-refractivity contribution in [2.45, 2.75) is 36.7 Å². The maximum atomic E-state index is 12.7. The number of carbonyl (C=O) groups is 3. The van der Waals surface area contributed by atoms with E-state index in [-0.39, 0.29) is 23.1 Å². The molecular weight excluding hydrogens is 585 g/mol. The van der Waals surface area contributed by atoms with Crippen LogP contribution >= 0.6 is 23.1 Å². The number of thioether (sulfide) groups is 1. The summed E-state index contributed by atoms with van der Waals surface area (Å²) < 4.78 is 39.6. The molecule has 3 aromatic carbocycles. The smallest absolute Gasteiger partial charge is 0.399 e. The second-order valence-electron chi connectivity index (χ2n) is 9.58. The third-order valence-corrected chi connectivity index (χ3v) is 8.53. The second-order valence-corrected chi connectivity index (χ2v) is 11.8. The Kier molecular flexibility index (Phi) is 10.2. The van der Waals surface area contributed by atoms with Crippen molar-refractivity contribution in [2.75, 3.05) is 29.9 Å². The van der Waals surface area contributed by atoms with E-state index in [0.29, 0.717) is 21.2 Å². The highest BCUT2D eigenvalue weighted by atomic mass is 32.2. The fourth-order valence-corrected chi connectivity index (χ4v) is 6.24. The number of thiazole rings is 1. The monoisotopic (exact) mass is 614 g/mol. The van der Waals surface area contributed by atoms with Crippen LogP contribution in [0.4, 0.5) is 24.5 Å². The van der Waals surface area contributed by atoms with Crippen molar-refractivity contribution in [3.8, 4) is 0 Å². The number of nitrogens with zero attached hydrogens (tertiary/aromatic N) is 2. The molecule has 2 amide bonds. The van der Waals surface area contributed by atoms with Crippen molar-refractivity contribution >= 4 is 62.3 Å². The average Bonchev–Trinajstić information content (AvgIpc) is 3.38. The number of Topliss-reactive ketones (excluding diaryl/α,β-unsaturated/α-hetero) is 1. The van der Waals surface area contributed by atoms with Crippen molar-refractivity contribution in [2.24, 2.45) is 0 Å².